The minimum atomic E-state index is -0.314. The highest BCUT2D eigenvalue weighted by Gasteiger charge is 2.12. The van der Waals surface area contributed by atoms with E-state index in [2.05, 4.69) is 10.5 Å². The molecule has 0 bridgehead atoms. The van der Waals surface area contributed by atoms with Crippen LogP contribution in [0.1, 0.15) is 11.1 Å². The van der Waals surface area contributed by atoms with Crippen molar-refractivity contribution >= 4 is 5.91 Å². The monoisotopic (exact) mass is 310 g/mol. The third kappa shape index (κ3) is 3.83. The maximum atomic E-state index is 13.0. The van der Waals surface area contributed by atoms with Crippen LogP contribution in [0.5, 0.6) is 0 Å². The number of nitrogens with one attached hydrogen (secondary N) is 1. The number of nitrogens with zero attached hydrogens (tertiary/aromatic N) is 1. The van der Waals surface area contributed by atoms with Gasteiger partial charge < -0.3 is 9.84 Å². The number of halogens is 1. The zero-order valence-electron chi connectivity index (χ0n) is 12.3. The molecule has 0 saturated carbocycles. The second kappa shape index (κ2) is 6.87. The smallest absolute Gasteiger partial charge is 0.224 e. The summed E-state index contributed by atoms with van der Waals surface area (Å²) < 4.78 is 18.2. The molecule has 0 radical (unpaired) electrons. The van der Waals surface area contributed by atoms with Crippen molar-refractivity contribution in [3.63, 3.8) is 0 Å². The molecule has 0 atom stereocenters. The Bertz CT molecular complexity index is 782. The Kier molecular flexibility index (Phi) is 4.47. The van der Waals surface area contributed by atoms with Gasteiger partial charge >= 0.3 is 0 Å². The molecule has 0 spiro atoms. The number of benzene rings is 2. The summed E-state index contributed by atoms with van der Waals surface area (Å²) in [6.45, 7) is 0.307. The maximum absolute atomic E-state index is 13.0. The van der Waals surface area contributed by atoms with Gasteiger partial charge in [-0.25, -0.2) is 4.39 Å². The first-order valence-electron chi connectivity index (χ1n) is 7.22. The molecule has 1 amide bonds. The summed E-state index contributed by atoms with van der Waals surface area (Å²) in [5.74, 6) is 0.137. The van der Waals surface area contributed by atoms with Gasteiger partial charge in [-0.1, -0.05) is 35.5 Å². The van der Waals surface area contributed by atoms with Gasteiger partial charge in [-0.15, -0.1) is 0 Å². The summed E-state index contributed by atoms with van der Waals surface area (Å²) >= 11 is 0. The number of amides is 1. The summed E-state index contributed by atoms with van der Waals surface area (Å²) in [6.07, 6.45) is 1.87. The molecule has 0 aliphatic rings. The van der Waals surface area contributed by atoms with Gasteiger partial charge in [0, 0.05) is 17.7 Å². The molecule has 3 rings (SSSR count). The number of rotatable bonds is 5. The van der Waals surface area contributed by atoms with Gasteiger partial charge in [-0.3, -0.25) is 4.79 Å². The predicted octanol–water partition coefficient (Wildman–Crippen LogP) is 3.34. The maximum Gasteiger partial charge on any atom is 0.224 e. The van der Waals surface area contributed by atoms with E-state index in [1.165, 1.54) is 12.1 Å². The zero-order valence-corrected chi connectivity index (χ0v) is 12.3. The fraction of sp³-hybridized carbons (Fsp3) is 0.111. The minimum Gasteiger partial charge on any atom is -0.356 e. The van der Waals surface area contributed by atoms with E-state index in [4.69, 9.17) is 4.52 Å². The van der Waals surface area contributed by atoms with Gasteiger partial charge in [0.25, 0.3) is 0 Å². The van der Waals surface area contributed by atoms with E-state index in [0.29, 0.717) is 18.7 Å². The number of hydrogen-bond donors (Lipinski definition) is 1. The molecular weight excluding hydrogens is 295 g/mol. The number of carbonyl (C=O) groups is 1. The third-order valence-corrected chi connectivity index (χ3v) is 3.43. The Labute approximate surface area is 132 Å². The summed E-state index contributed by atoms with van der Waals surface area (Å²) in [7, 11) is 0. The normalized spacial score (nSPS) is 10.5. The highest BCUT2D eigenvalue weighted by atomic mass is 19.1. The number of hydrogen-bond acceptors (Lipinski definition) is 3. The van der Waals surface area contributed by atoms with E-state index < -0.39 is 0 Å². The van der Waals surface area contributed by atoms with E-state index in [9.17, 15) is 9.18 Å². The van der Waals surface area contributed by atoms with Crippen molar-refractivity contribution in [1.29, 1.82) is 0 Å². The average molecular weight is 310 g/mol. The second-order valence-electron chi connectivity index (χ2n) is 5.13. The standard InChI is InChI=1S/C18H15FN2O2/c19-16-8-6-14(7-9-16)18-15(12-21-23-18)11-20-17(22)10-13-4-2-1-3-5-13/h1-9,12H,10-11H2,(H,20,22). The van der Waals surface area contributed by atoms with Crippen LogP contribution < -0.4 is 5.32 Å². The molecule has 5 heteroatoms. The van der Waals surface area contributed by atoms with Crippen LogP contribution in [0.3, 0.4) is 0 Å². The predicted molar refractivity (Wildman–Crippen MR) is 83.9 cm³/mol. The van der Waals surface area contributed by atoms with Gasteiger partial charge in [0.15, 0.2) is 5.76 Å². The highest BCUT2D eigenvalue weighted by Crippen LogP contribution is 2.23. The molecule has 23 heavy (non-hydrogen) atoms. The Morgan fingerprint density at radius 1 is 1.09 bits per heavy atom. The molecule has 0 aliphatic carbocycles. The SMILES string of the molecule is O=C(Cc1ccccc1)NCc1cnoc1-c1ccc(F)cc1. The second-order valence-corrected chi connectivity index (χ2v) is 5.13. The molecule has 0 aliphatic heterocycles. The van der Waals surface area contributed by atoms with Crippen molar-refractivity contribution in [3.05, 3.63) is 77.7 Å². The molecule has 1 N–H and O–H groups in total. The van der Waals surface area contributed by atoms with Gasteiger partial charge in [-0.2, -0.15) is 0 Å². The van der Waals surface area contributed by atoms with Crippen LogP contribution in [-0.2, 0) is 17.8 Å². The molecule has 3 aromatic rings. The summed E-state index contributed by atoms with van der Waals surface area (Å²) in [6, 6.07) is 15.5. The van der Waals surface area contributed by atoms with Crippen molar-refractivity contribution in [3.8, 4) is 11.3 Å². The Morgan fingerprint density at radius 3 is 2.57 bits per heavy atom. The van der Waals surface area contributed by atoms with Crippen molar-refractivity contribution in [2.45, 2.75) is 13.0 Å². The summed E-state index contributed by atoms with van der Waals surface area (Å²) in [5.41, 5.74) is 2.42. The van der Waals surface area contributed by atoms with Crippen LogP contribution in [0.15, 0.2) is 65.3 Å². The van der Waals surface area contributed by atoms with Crippen molar-refractivity contribution < 1.29 is 13.7 Å². The molecule has 0 fully saturated rings. The van der Waals surface area contributed by atoms with Crippen LogP contribution in [0, 0.1) is 5.82 Å². The van der Waals surface area contributed by atoms with Gasteiger partial charge in [0.1, 0.15) is 5.82 Å². The molecule has 0 saturated heterocycles. The van der Waals surface area contributed by atoms with Crippen molar-refractivity contribution in [2.75, 3.05) is 0 Å². The largest absolute Gasteiger partial charge is 0.356 e. The van der Waals surface area contributed by atoms with Crippen LogP contribution >= 0.6 is 0 Å². The Hall–Kier alpha value is -2.95. The highest BCUT2D eigenvalue weighted by molar-refractivity contribution is 5.78. The fourth-order valence-corrected chi connectivity index (χ4v) is 2.26. The number of aromatic nitrogens is 1. The van der Waals surface area contributed by atoms with Gasteiger partial charge in [-0.05, 0) is 29.8 Å². The molecule has 4 nitrogen and oxygen atoms in total. The van der Waals surface area contributed by atoms with Crippen molar-refractivity contribution in [2.24, 2.45) is 0 Å². The van der Waals surface area contributed by atoms with E-state index in [-0.39, 0.29) is 11.7 Å². The van der Waals surface area contributed by atoms with Crippen LogP contribution in [0.25, 0.3) is 11.3 Å². The third-order valence-electron chi connectivity index (χ3n) is 3.43. The van der Waals surface area contributed by atoms with E-state index in [1.807, 2.05) is 30.3 Å². The van der Waals surface area contributed by atoms with Crippen molar-refractivity contribution in [1.82, 2.24) is 10.5 Å². The van der Waals surface area contributed by atoms with E-state index >= 15 is 0 Å². The van der Waals surface area contributed by atoms with Crippen LogP contribution in [0.2, 0.25) is 0 Å². The first kappa shape index (κ1) is 15.0. The summed E-state index contributed by atoms with van der Waals surface area (Å²) in [5, 5.41) is 6.60. The lowest BCUT2D eigenvalue weighted by Crippen LogP contribution is -2.24. The summed E-state index contributed by atoms with van der Waals surface area (Å²) in [4.78, 5) is 12.0. The molecule has 1 heterocycles. The molecular formula is C18H15FN2O2. The zero-order chi connectivity index (χ0) is 16.1. The molecule has 116 valence electrons. The molecule has 1 aromatic heterocycles. The lowest BCUT2D eigenvalue weighted by Gasteiger charge is -2.05. The van der Waals surface area contributed by atoms with Gasteiger partial charge in [0.05, 0.1) is 12.6 Å². The first-order valence-corrected chi connectivity index (χ1v) is 7.22. The molecule has 2 aromatic carbocycles. The lowest BCUT2D eigenvalue weighted by molar-refractivity contribution is -0.120. The van der Waals surface area contributed by atoms with Crippen LogP contribution in [0.4, 0.5) is 4.39 Å². The topological polar surface area (TPSA) is 55.1 Å². The number of carbonyl (C=O) groups excluding carboxylic acids is 1. The van der Waals surface area contributed by atoms with E-state index in [0.717, 1.165) is 16.7 Å². The van der Waals surface area contributed by atoms with Gasteiger partial charge in [0.2, 0.25) is 5.91 Å². The fourth-order valence-electron chi connectivity index (χ4n) is 2.26. The lowest BCUT2D eigenvalue weighted by atomic mass is 10.1. The molecule has 0 unspecified atom stereocenters. The minimum absolute atomic E-state index is 0.0811. The Morgan fingerprint density at radius 2 is 1.83 bits per heavy atom. The first-order chi connectivity index (χ1) is 11.2. The Balaban J connectivity index is 1.64. The quantitative estimate of drug-likeness (QED) is 0.786. The van der Waals surface area contributed by atoms with E-state index in [1.54, 1.807) is 18.3 Å². The van der Waals surface area contributed by atoms with Crippen LogP contribution in [-0.4, -0.2) is 11.1 Å². The average Bonchev–Trinajstić information content (AvgIpc) is 3.03.